The van der Waals surface area contributed by atoms with Gasteiger partial charge in [0.05, 0.1) is 28.0 Å². The Morgan fingerprint density at radius 3 is 2.48 bits per heavy atom. The van der Waals surface area contributed by atoms with Crippen LogP contribution in [-0.2, 0) is 7.05 Å². The minimum absolute atomic E-state index is 0.362. The molecule has 3 heterocycles. The van der Waals surface area contributed by atoms with Gasteiger partial charge < -0.3 is 5.11 Å². The largest absolute Gasteiger partial charge is 0.389 e. The summed E-state index contributed by atoms with van der Waals surface area (Å²) in [7, 11) is 1.83. The minimum Gasteiger partial charge on any atom is -0.389 e. The molecule has 3 aromatic heterocycles. The third kappa shape index (κ3) is 3.23. The second kappa shape index (κ2) is 7.23. The van der Waals surface area contributed by atoms with Crippen LogP contribution in [0.3, 0.4) is 0 Å². The highest BCUT2D eigenvalue weighted by atomic mass is 32.1. The molecule has 6 rings (SSSR count). The van der Waals surface area contributed by atoms with Crippen molar-refractivity contribution in [3.8, 4) is 11.4 Å². The normalized spacial score (nSPS) is 14.9. The molecule has 5 aromatic rings. The summed E-state index contributed by atoms with van der Waals surface area (Å²) in [5.74, 6) is 0.364. The van der Waals surface area contributed by atoms with E-state index >= 15 is 0 Å². The molecule has 1 aliphatic carbocycles. The number of thiazole rings is 1. The SMILES string of the molecule is CC(O)c1ccc(-n2c(=O)n(-c3ccc4nn(C)cc4c3)c(=O)c3sc(C4CC4)nc32)cc1. The Labute approximate surface area is 192 Å². The predicted molar refractivity (Wildman–Crippen MR) is 128 cm³/mol. The fourth-order valence-electron chi connectivity index (χ4n) is 4.14. The molecule has 1 saturated carbocycles. The van der Waals surface area contributed by atoms with E-state index in [1.54, 1.807) is 48.0 Å². The zero-order chi connectivity index (χ0) is 22.9. The minimum atomic E-state index is -0.614. The van der Waals surface area contributed by atoms with Gasteiger partial charge in [0.15, 0.2) is 5.65 Å². The summed E-state index contributed by atoms with van der Waals surface area (Å²) < 4.78 is 4.88. The molecule has 1 aliphatic rings. The molecule has 0 bridgehead atoms. The number of hydrogen-bond acceptors (Lipinski definition) is 6. The van der Waals surface area contributed by atoms with Gasteiger partial charge in [-0.25, -0.2) is 18.9 Å². The number of benzene rings is 2. The summed E-state index contributed by atoms with van der Waals surface area (Å²) >= 11 is 1.38. The zero-order valence-corrected chi connectivity index (χ0v) is 18.9. The molecule has 1 atom stereocenters. The highest BCUT2D eigenvalue weighted by molar-refractivity contribution is 7.18. The molecule has 2 aromatic carbocycles. The quantitative estimate of drug-likeness (QED) is 0.444. The molecule has 0 radical (unpaired) electrons. The fraction of sp³-hybridized carbons (Fsp3) is 0.250. The van der Waals surface area contributed by atoms with Crippen LogP contribution in [0.2, 0.25) is 0 Å². The predicted octanol–water partition coefficient (Wildman–Crippen LogP) is 3.42. The van der Waals surface area contributed by atoms with Crippen molar-refractivity contribution < 1.29 is 5.11 Å². The van der Waals surface area contributed by atoms with Crippen LogP contribution in [0.15, 0.2) is 58.3 Å². The maximum Gasteiger partial charge on any atom is 0.342 e. The second-order valence-corrected chi connectivity index (χ2v) is 9.58. The third-order valence-electron chi connectivity index (χ3n) is 6.04. The molecular formula is C24H21N5O3S. The molecule has 1 N–H and O–H groups in total. The first-order valence-corrected chi connectivity index (χ1v) is 11.6. The van der Waals surface area contributed by atoms with Gasteiger partial charge in [0.2, 0.25) is 0 Å². The van der Waals surface area contributed by atoms with Crippen LogP contribution in [0.25, 0.3) is 32.6 Å². The second-order valence-electron chi connectivity index (χ2n) is 8.55. The molecule has 1 fully saturated rings. The Morgan fingerprint density at radius 1 is 1.06 bits per heavy atom. The molecule has 33 heavy (non-hydrogen) atoms. The van der Waals surface area contributed by atoms with Gasteiger partial charge in [-0.15, -0.1) is 11.3 Å². The first kappa shape index (κ1) is 20.1. The standard InChI is InChI=1S/C24H21N5O3S/c1-13(30)14-5-7-17(8-6-14)28-21-20(33-22(25-21)15-3-4-15)23(31)29(24(28)32)18-9-10-19-16(11-18)12-27(2)26-19/h5-13,15,30H,3-4H2,1-2H3. The van der Waals surface area contributed by atoms with Gasteiger partial charge in [-0.2, -0.15) is 5.10 Å². The lowest BCUT2D eigenvalue weighted by Gasteiger charge is -2.12. The van der Waals surface area contributed by atoms with Crippen LogP contribution >= 0.6 is 11.3 Å². The van der Waals surface area contributed by atoms with Crippen LogP contribution in [0, 0.1) is 0 Å². The summed E-state index contributed by atoms with van der Waals surface area (Å²) in [5.41, 5.74) is 2.17. The van der Waals surface area contributed by atoms with E-state index < -0.39 is 11.8 Å². The summed E-state index contributed by atoms with van der Waals surface area (Å²) in [5, 5.41) is 16.0. The number of hydrogen-bond donors (Lipinski definition) is 1. The molecule has 0 amide bonds. The lowest BCUT2D eigenvalue weighted by molar-refractivity contribution is 0.199. The highest BCUT2D eigenvalue weighted by Gasteiger charge is 2.29. The van der Waals surface area contributed by atoms with Gasteiger partial charge in [-0.1, -0.05) is 12.1 Å². The first-order valence-electron chi connectivity index (χ1n) is 10.8. The van der Waals surface area contributed by atoms with E-state index in [1.807, 2.05) is 19.3 Å². The molecule has 1 unspecified atom stereocenters. The van der Waals surface area contributed by atoms with E-state index in [1.165, 1.54) is 20.5 Å². The van der Waals surface area contributed by atoms with Crippen molar-refractivity contribution in [2.75, 3.05) is 0 Å². The van der Waals surface area contributed by atoms with Gasteiger partial charge in [0.1, 0.15) is 4.70 Å². The van der Waals surface area contributed by atoms with Crippen molar-refractivity contribution >= 4 is 32.6 Å². The van der Waals surface area contributed by atoms with Crippen molar-refractivity contribution in [3.63, 3.8) is 0 Å². The Kier molecular flexibility index (Phi) is 4.40. The average Bonchev–Trinajstić information content (AvgIpc) is 3.43. The zero-order valence-electron chi connectivity index (χ0n) is 18.1. The molecule has 0 spiro atoms. The Bertz CT molecular complexity index is 1650. The lowest BCUT2D eigenvalue weighted by atomic mass is 10.1. The number of aryl methyl sites for hydroxylation is 1. The average molecular weight is 460 g/mol. The maximum absolute atomic E-state index is 13.8. The van der Waals surface area contributed by atoms with Crippen molar-refractivity contribution in [1.29, 1.82) is 0 Å². The van der Waals surface area contributed by atoms with E-state index in [0.29, 0.717) is 27.6 Å². The first-order chi connectivity index (χ1) is 15.9. The van der Waals surface area contributed by atoms with Crippen LogP contribution < -0.4 is 11.2 Å². The number of nitrogens with zero attached hydrogens (tertiary/aromatic N) is 5. The van der Waals surface area contributed by atoms with Gasteiger partial charge in [0.25, 0.3) is 5.56 Å². The van der Waals surface area contributed by atoms with Gasteiger partial charge >= 0.3 is 5.69 Å². The van der Waals surface area contributed by atoms with Crippen LogP contribution in [0.4, 0.5) is 0 Å². The number of fused-ring (bicyclic) bond motifs is 2. The number of aliphatic hydroxyl groups is 1. The van der Waals surface area contributed by atoms with Gasteiger partial charge in [-0.05, 0) is 55.7 Å². The van der Waals surface area contributed by atoms with Crippen LogP contribution in [0.1, 0.15) is 42.4 Å². The molecular weight excluding hydrogens is 438 g/mol. The monoisotopic (exact) mass is 459 g/mol. The van der Waals surface area contributed by atoms with Crippen LogP contribution in [0.5, 0.6) is 0 Å². The van der Waals surface area contributed by atoms with Crippen molar-refractivity contribution in [2.45, 2.75) is 31.8 Å². The molecule has 8 nitrogen and oxygen atoms in total. The van der Waals surface area contributed by atoms with Gasteiger partial charge in [-0.3, -0.25) is 9.48 Å². The maximum atomic E-state index is 13.8. The van der Waals surface area contributed by atoms with Crippen molar-refractivity contribution in [3.05, 3.63) is 80.1 Å². The number of aliphatic hydroxyl groups excluding tert-OH is 1. The van der Waals surface area contributed by atoms with E-state index in [-0.39, 0.29) is 5.56 Å². The summed E-state index contributed by atoms with van der Waals surface area (Å²) in [4.78, 5) is 32.0. The van der Waals surface area contributed by atoms with E-state index in [2.05, 4.69) is 5.10 Å². The van der Waals surface area contributed by atoms with E-state index in [9.17, 15) is 14.7 Å². The molecule has 0 aliphatic heterocycles. The topological polar surface area (TPSA) is 94.9 Å². The van der Waals surface area contributed by atoms with Gasteiger partial charge in [0, 0.05) is 24.5 Å². The molecule has 9 heteroatoms. The third-order valence-corrected chi connectivity index (χ3v) is 7.23. The summed E-state index contributed by atoms with van der Waals surface area (Å²) in [6, 6.07) is 12.5. The van der Waals surface area contributed by atoms with Crippen molar-refractivity contribution in [2.24, 2.45) is 7.05 Å². The smallest absolute Gasteiger partial charge is 0.342 e. The fourth-order valence-corrected chi connectivity index (χ4v) is 5.29. The summed E-state index contributed by atoms with van der Waals surface area (Å²) in [6.45, 7) is 1.69. The number of aromatic nitrogens is 5. The Balaban J connectivity index is 1.65. The molecule has 0 saturated heterocycles. The molecule has 166 valence electrons. The van der Waals surface area contributed by atoms with E-state index in [4.69, 9.17) is 4.98 Å². The number of rotatable bonds is 4. The lowest BCUT2D eigenvalue weighted by Crippen LogP contribution is -2.38. The Morgan fingerprint density at radius 2 is 1.79 bits per heavy atom. The highest BCUT2D eigenvalue weighted by Crippen LogP contribution is 2.42. The Hall–Kier alpha value is -3.56. The van der Waals surface area contributed by atoms with Crippen molar-refractivity contribution in [1.82, 2.24) is 23.9 Å². The van der Waals surface area contributed by atoms with E-state index in [0.717, 1.165) is 34.3 Å². The summed E-state index contributed by atoms with van der Waals surface area (Å²) in [6.07, 6.45) is 3.35. The van der Waals surface area contributed by atoms with Crippen LogP contribution in [-0.4, -0.2) is 29.0 Å².